The number of rotatable bonds is 78. The molecule has 99 heavy (non-hydrogen) atoms. The first-order valence-electron chi connectivity index (χ1n) is 41.3. The second kappa shape index (κ2) is 70.4. The lowest BCUT2D eigenvalue weighted by Crippen LogP contribution is -2.30. The fourth-order valence-corrected chi connectivity index (χ4v) is 13.9. The number of carbonyl (C=O) groups excluding carboxylic acids is 4. The molecular formula is C80H156O17P2. The Bertz CT molecular complexity index is 1920. The first-order valence-corrected chi connectivity index (χ1v) is 44.3. The molecule has 0 bridgehead atoms. The minimum atomic E-state index is -4.96. The number of ether oxygens (including phenoxy) is 4. The molecule has 0 amide bonds. The standard InChI is InChI=1S/C80H156O17P2/c1-8-9-10-11-12-13-14-16-26-33-40-47-54-61-77(82)90-67-76(97-80(85)64-57-50-43-36-29-22-20-25-32-39-46-53-60-73(6)7)70-95-99(88,89)93-66-74(81)65-92-98(86,87)94-69-75(68-91-78(83)62-55-48-41-34-27-21-19-24-31-38-45-52-59-72(4)5)96-79(84)63-56-49-42-35-28-18-15-17-23-30-37-44-51-58-71(2)3/h71-76,81H,8-70H2,1-7H3,(H,86,87)(H,88,89)/t74-,75-,76-/m1/s1. The summed E-state index contributed by atoms with van der Waals surface area (Å²) in [5.41, 5.74) is 0. The highest BCUT2D eigenvalue weighted by molar-refractivity contribution is 7.47. The van der Waals surface area contributed by atoms with Crippen molar-refractivity contribution in [2.75, 3.05) is 39.6 Å². The van der Waals surface area contributed by atoms with Crippen LogP contribution in [0.4, 0.5) is 0 Å². The van der Waals surface area contributed by atoms with Gasteiger partial charge in [-0.15, -0.1) is 0 Å². The van der Waals surface area contributed by atoms with E-state index in [2.05, 4.69) is 48.5 Å². The van der Waals surface area contributed by atoms with E-state index in [0.29, 0.717) is 25.7 Å². The van der Waals surface area contributed by atoms with Crippen molar-refractivity contribution in [1.29, 1.82) is 0 Å². The van der Waals surface area contributed by atoms with Crippen molar-refractivity contribution in [2.45, 2.75) is 433 Å². The molecule has 3 N–H and O–H groups in total. The van der Waals surface area contributed by atoms with Gasteiger partial charge in [0.15, 0.2) is 12.2 Å². The van der Waals surface area contributed by atoms with Gasteiger partial charge in [0, 0.05) is 25.7 Å². The maximum atomic E-state index is 13.1. The van der Waals surface area contributed by atoms with E-state index in [-0.39, 0.29) is 25.7 Å². The number of hydrogen-bond donors (Lipinski definition) is 3. The van der Waals surface area contributed by atoms with Crippen LogP contribution in [0.3, 0.4) is 0 Å². The predicted molar refractivity (Wildman–Crippen MR) is 405 cm³/mol. The normalized spacial score (nSPS) is 14.0. The fraction of sp³-hybridized carbons (Fsp3) is 0.950. The number of aliphatic hydroxyl groups is 1. The molecule has 5 atom stereocenters. The van der Waals surface area contributed by atoms with Crippen LogP contribution in [0.25, 0.3) is 0 Å². The summed E-state index contributed by atoms with van der Waals surface area (Å²) in [4.78, 5) is 73.0. The molecule has 0 saturated carbocycles. The van der Waals surface area contributed by atoms with Gasteiger partial charge in [-0.3, -0.25) is 37.3 Å². The Balaban J connectivity index is 5.28. The van der Waals surface area contributed by atoms with Crippen LogP contribution in [0.2, 0.25) is 0 Å². The third kappa shape index (κ3) is 74.1. The average Bonchev–Trinajstić information content (AvgIpc) is 1.24. The molecule has 0 rings (SSSR count). The van der Waals surface area contributed by atoms with Gasteiger partial charge >= 0.3 is 39.5 Å². The first-order chi connectivity index (χ1) is 47.7. The van der Waals surface area contributed by atoms with E-state index in [1.54, 1.807) is 0 Å². The molecule has 2 unspecified atom stereocenters. The zero-order valence-corrected chi connectivity index (χ0v) is 66.8. The summed E-state index contributed by atoms with van der Waals surface area (Å²) in [6.07, 6.45) is 58.1. The molecule has 19 heteroatoms. The highest BCUT2D eigenvalue weighted by Crippen LogP contribution is 2.45. The van der Waals surface area contributed by atoms with E-state index in [4.69, 9.17) is 37.0 Å². The number of esters is 4. The number of aliphatic hydroxyl groups excluding tert-OH is 1. The number of unbranched alkanes of at least 4 members (excludes halogenated alkanes) is 46. The van der Waals surface area contributed by atoms with Crippen LogP contribution < -0.4 is 0 Å². The SMILES string of the molecule is CCCCCCCCCCCCCCCC(=O)OC[C@H](COP(=O)(O)OC[C@H](O)COP(=O)(O)OC[C@@H](COC(=O)CCCCCCCCCCCCCCC(C)C)OC(=O)CCCCCCCCCCCCCCCC(C)C)OC(=O)CCCCCCCCCCCCCCC(C)C. The zero-order valence-electron chi connectivity index (χ0n) is 65.0. The number of phosphoric ester groups is 2. The van der Waals surface area contributed by atoms with Crippen LogP contribution in [0.1, 0.15) is 414 Å². The van der Waals surface area contributed by atoms with Crippen LogP contribution >= 0.6 is 15.6 Å². The maximum absolute atomic E-state index is 13.1. The maximum Gasteiger partial charge on any atom is 0.472 e. The molecule has 0 radical (unpaired) electrons. The fourth-order valence-electron chi connectivity index (χ4n) is 12.3. The summed E-state index contributed by atoms with van der Waals surface area (Å²) in [5, 5.41) is 10.6. The van der Waals surface area contributed by atoms with Gasteiger partial charge in [0.25, 0.3) is 0 Å². The summed E-state index contributed by atoms with van der Waals surface area (Å²) in [7, 11) is -9.92. The molecule has 0 aliphatic carbocycles. The van der Waals surface area contributed by atoms with Crippen molar-refractivity contribution in [3.63, 3.8) is 0 Å². The van der Waals surface area contributed by atoms with Crippen LogP contribution in [0, 0.1) is 17.8 Å². The Hall–Kier alpha value is -1.94. The van der Waals surface area contributed by atoms with Gasteiger partial charge < -0.3 is 33.8 Å². The van der Waals surface area contributed by atoms with Crippen LogP contribution in [-0.4, -0.2) is 96.7 Å². The summed E-state index contributed by atoms with van der Waals surface area (Å²) >= 11 is 0. The molecule has 17 nitrogen and oxygen atoms in total. The quantitative estimate of drug-likeness (QED) is 0.0222. The molecule has 0 aliphatic rings. The van der Waals surface area contributed by atoms with Gasteiger partial charge in [-0.1, -0.05) is 363 Å². The molecule has 0 aromatic rings. The second-order valence-electron chi connectivity index (χ2n) is 30.2. The van der Waals surface area contributed by atoms with Gasteiger partial charge in [0.05, 0.1) is 26.4 Å². The predicted octanol–water partition coefficient (Wildman–Crippen LogP) is 23.7. The van der Waals surface area contributed by atoms with Gasteiger partial charge in [0.2, 0.25) is 0 Å². The molecule has 588 valence electrons. The van der Waals surface area contributed by atoms with Crippen LogP contribution in [-0.2, 0) is 65.4 Å². The lowest BCUT2D eigenvalue weighted by atomic mass is 10.0. The summed E-state index contributed by atoms with van der Waals surface area (Å²) in [5.74, 6) is 0.235. The summed E-state index contributed by atoms with van der Waals surface area (Å²) in [6.45, 7) is 12.0. The van der Waals surface area contributed by atoms with Crippen molar-refractivity contribution < 1.29 is 80.2 Å². The minimum Gasteiger partial charge on any atom is -0.462 e. The van der Waals surface area contributed by atoms with Crippen LogP contribution in [0.15, 0.2) is 0 Å². The van der Waals surface area contributed by atoms with Gasteiger partial charge in [-0.05, 0) is 43.4 Å². The highest BCUT2D eigenvalue weighted by Gasteiger charge is 2.30. The molecule has 0 aromatic heterocycles. The minimum absolute atomic E-state index is 0.107. The summed E-state index contributed by atoms with van der Waals surface area (Å²) in [6, 6.07) is 0. The van der Waals surface area contributed by atoms with Crippen molar-refractivity contribution in [3.8, 4) is 0 Å². The van der Waals surface area contributed by atoms with E-state index in [0.717, 1.165) is 108 Å². The second-order valence-corrected chi connectivity index (χ2v) is 33.1. The van der Waals surface area contributed by atoms with Gasteiger partial charge in [-0.25, -0.2) is 9.13 Å². The Labute approximate surface area is 607 Å². The Morgan fingerprint density at radius 1 is 0.273 bits per heavy atom. The molecule has 0 saturated heterocycles. The molecule has 0 heterocycles. The third-order valence-corrected chi connectivity index (χ3v) is 20.5. The van der Waals surface area contributed by atoms with E-state index in [1.807, 2.05) is 0 Å². The van der Waals surface area contributed by atoms with E-state index in [9.17, 15) is 43.2 Å². The smallest absolute Gasteiger partial charge is 0.462 e. The zero-order chi connectivity index (χ0) is 73.0. The van der Waals surface area contributed by atoms with Crippen molar-refractivity contribution >= 4 is 39.5 Å². The lowest BCUT2D eigenvalue weighted by molar-refractivity contribution is -0.161. The molecule has 0 fully saturated rings. The molecule has 0 aliphatic heterocycles. The molecular weight excluding hydrogens is 1290 g/mol. The number of carbonyl (C=O) groups is 4. The number of phosphoric acid groups is 2. The first kappa shape index (κ1) is 97.1. The average molecular weight is 1450 g/mol. The van der Waals surface area contributed by atoms with E-state index in [1.165, 1.54) is 225 Å². The van der Waals surface area contributed by atoms with E-state index < -0.39 is 97.5 Å². The largest absolute Gasteiger partial charge is 0.472 e. The Morgan fingerprint density at radius 2 is 0.465 bits per heavy atom. The van der Waals surface area contributed by atoms with Crippen molar-refractivity contribution in [2.24, 2.45) is 17.8 Å². The molecule has 0 aromatic carbocycles. The summed E-state index contributed by atoms with van der Waals surface area (Å²) < 4.78 is 68.7. The number of hydrogen-bond acceptors (Lipinski definition) is 15. The van der Waals surface area contributed by atoms with Crippen molar-refractivity contribution in [3.05, 3.63) is 0 Å². The highest BCUT2D eigenvalue weighted by atomic mass is 31.2. The van der Waals surface area contributed by atoms with Gasteiger partial charge in [0.1, 0.15) is 19.3 Å². The van der Waals surface area contributed by atoms with Crippen LogP contribution in [0.5, 0.6) is 0 Å². The topological polar surface area (TPSA) is 237 Å². The Kier molecular flexibility index (Phi) is 69.0. The molecule has 0 spiro atoms. The monoisotopic (exact) mass is 1450 g/mol. The lowest BCUT2D eigenvalue weighted by Gasteiger charge is -2.21. The van der Waals surface area contributed by atoms with Gasteiger partial charge in [-0.2, -0.15) is 0 Å². The third-order valence-electron chi connectivity index (χ3n) is 18.6. The van der Waals surface area contributed by atoms with Crippen molar-refractivity contribution in [1.82, 2.24) is 0 Å². The van der Waals surface area contributed by atoms with E-state index >= 15 is 0 Å². The Morgan fingerprint density at radius 3 is 0.687 bits per heavy atom.